The van der Waals surface area contributed by atoms with Crippen LogP contribution in [0.4, 0.5) is 10.1 Å². The van der Waals surface area contributed by atoms with Crippen LogP contribution in [0.1, 0.15) is 18.9 Å². The molecule has 5 heteroatoms. The molecule has 0 aromatic heterocycles. The van der Waals surface area contributed by atoms with Gasteiger partial charge in [-0.05, 0) is 47.0 Å². The zero-order valence-electron chi connectivity index (χ0n) is 9.18. The van der Waals surface area contributed by atoms with E-state index in [0.717, 1.165) is 5.56 Å². The Hall–Kier alpha value is -1.10. The lowest BCUT2D eigenvalue weighted by Gasteiger charge is -2.17. The van der Waals surface area contributed by atoms with Gasteiger partial charge in [-0.15, -0.1) is 0 Å². The number of amides is 1. The second-order valence-electron chi connectivity index (χ2n) is 3.59. The molecule has 1 aromatic rings. The van der Waals surface area contributed by atoms with Crippen LogP contribution in [0, 0.1) is 12.7 Å². The first kappa shape index (κ1) is 13.0. The zero-order chi connectivity index (χ0) is 12.3. The van der Waals surface area contributed by atoms with Gasteiger partial charge in [-0.3, -0.25) is 4.79 Å². The van der Waals surface area contributed by atoms with E-state index in [4.69, 9.17) is 5.73 Å². The highest BCUT2D eigenvalue weighted by molar-refractivity contribution is 9.10. The fourth-order valence-electron chi connectivity index (χ4n) is 1.36. The summed E-state index contributed by atoms with van der Waals surface area (Å²) in [5.74, 6) is -0.738. The highest BCUT2D eigenvalue weighted by atomic mass is 79.9. The topological polar surface area (TPSA) is 55.1 Å². The lowest BCUT2D eigenvalue weighted by atomic mass is 10.1. The summed E-state index contributed by atoms with van der Waals surface area (Å²) in [6.45, 7) is 3.63. The maximum atomic E-state index is 13.2. The molecule has 0 radical (unpaired) electrons. The molecule has 0 aliphatic carbocycles. The van der Waals surface area contributed by atoms with E-state index in [2.05, 4.69) is 21.2 Å². The predicted molar refractivity (Wildman–Crippen MR) is 65.7 cm³/mol. The van der Waals surface area contributed by atoms with Gasteiger partial charge in [-0.25, -0.2) is 4.39 Å². The fourth-order valence-corrected chi connectivity index (χ4v) is 1.71. The number of hydrogen-bond donors (Lipinski definition) is 2. The molecule has 0 fully saturated rings. The molecule has 0 saturated heterocycles. The van der Waals surface area contributed by atoms with Gasteiger partial charge >= 0.3 is 0 Å². The van der Waals surface area contributed by atoms with Crippen LogP contribution in [0.2, 0.25) is 0 Å². The van der Waals surface area contributed by atoms with E-state index in [0.29, 0.717) is 16.6 Å². The molecule has 16 heavy (non-hydrogen) atoms. The third-order valence-electron chi connectivity index (χ3n) is 2.35. The van der Waals surface area contributed by atoms with Crippen molar-refractivity contribution in [2.24, 2.45) is 5.73 Å². The summed E-state index contributed by atoms with van der Waals surface area (Å²) in [5.41, 5.74) is 6.67. The molecular formula is C11H14BrFN2O. The minimum Gasteiger partial charge on any atom is -0.373 e. The molecule has 3 nitrogen and oxygen atoms in total. The molecule has 1 amide bonds. The quantitative estimate of drug-likeness (QED) is 0.895. The van der Waals surface area contributed by atoms with Gasteiger partial charge in [0.25, 0.3) is 0 Å². The van der Waals surface area contributed by atoms with Gasteiger partial charge in [-0.1, -0.05) is 6.92 Å². The van der Waals surface area contributed by atoms with Crippen LogP contribution in [-0.4, -0.2) is 11.9 Å². The first-order valence-electron chi connectivity index (χ1n) is 4.97. The first-order chi connectivity index (χ1) is 7.45. The number of carbonyl (C=O) groups is 1. The molecule has 0 aliphatic rings. The van der Waals surface area contributed by atoms with E-state index >= 15 is 0 Å². The Labute approximate surface area is 102 Å². The molecule has 88 valence electrons. The molecule has 0 saturated carbocycles. The van der Waals surface area contributed by atoms with Crippen LogP contribution in [0.25, 0.3) is 0 Å². The van der Waals surface area contributed by atoms with E-state index < -0.39 is 11.9 Å². The molecule has 3 N–H and O–H groups in total. The van der Waals surface area contributed by atoms with Crippen LogP contribution in [0.15, 0.2) is 16.6 Å². The number of halogens is 2. The average Bonchev–Trinajstić information content (AvgIpc) is 2.21. The van der Waals surface area contributed by atoms with E-state index in [-0.39, 0.29) is 5.82 Å². The molecule has 0 aliphatic heterocycles. The second kappa shape index (κ2) is 5.30. The Morgan fingerprint density at radius 3 is 2.75 bits per heavy atom. The Balaban J connectivity index is 2.96. The van der Waals surface area contributed by atoms with E-state index in [1.165, 1.54) is 6.07 Å². The largest absolute Gasteiger partial charge is 0.373 e. The summed E-state index contributed by atoms with van der Waals surface area (Å²) in [6, 6.07) is 2.58. The molecule has 1 rings (SSSR count). The molecule has 0 heterocycles. The van der Waals surface area contributed by atoms with Crippen LogP contribution in [-0.2, 0) is 4.79 Å². The van der Waals surface area contributed by atoms with Crippen molar-refractivity contribution in [2.75, 3.05) is 5.32 Å². The minimum atomic E-state index is -0.434. The van der Waals surface area contributed by atoms with Crippen LogP contribution in [0.3, 0.4) is 0 Å². The smallest absolute Gasteiger partial charge is 0.239 e. The standard InChI is InChI=1S/C11H14BrFN2O/c1-3-9(11(14)16)15-10-5-7(12)8(13)4-6(10)2/h4-5,9,15H,3H2,1-2H3,(H2,14,16). The normalized spacial score (nSPS) is 12.2. The summed E-state index contributed by atoms with van der Waals surface area (Å²) in [7, 11) is 0. The summed E-state index contributed by atoms with van der Waals surface area (Å²) >= 11 is 3.10. The molecule has 1 aromatic carbocycles. The summed E-state index contributed by atoms with van der Waals surface area (Å²) in [5, 5.41) is 2.99. The number of nitrogens with one attached hydrogen (secondary N) is 1. The van der Waals surface area contributed by atoms with Crippen molar-refractivity contribution in [3.63, 3.8) is 0 Å². The Bertz CT molecular complexity index is 409. The fraction of sp³-hybridized carbons (Fsp3) is 0.364. The van der Waals surface area contributed by atoms with Gasteiger partial charge in [0, 0.05) is 5.69 Å². The monoisotopic (exact) mass is 288 g/mol. The molecule has 0 bridgehead atoms. The van der Waals surface area contributed by atoms with Crippen molar-refractivity contribution in [1.82, 2.24) is 0 Å². The predicted octanol–water partition coefficient (Wildman–Crippen LogP) is 2.57. The number of primary amides is 1. The van der Waals surface area contributed by atoms with Crippen molar-refractivity contribution in [2.45, 2.75) is 26.3 Å². The summed E-state index contributed by atoms with van der Waals surface area (Å²) in [4.78, 5) is 11.1. The number of rotatable bonds is 4. The van der Waals surface area contributed by atoms with Crippen LogP contribution >= 0.6 is 15.9 Å². The number of benzene rings is 1. The summed E-state index contributed by atoms with van der Waals surface area (Å²) < 4.78 is 13.5. The van der Waals surface area contributed by atoms with Crippen LogP contribution < -0.4 is 11.1 Å². The lowest BCUT2D eigenvalue weighted by molar-refractivity contribution is -0.118. The highest BCUT2D eigenvalue weighted by Crippen LogP contribution is 2.24. The third kappa shape index (κ3) is 2.95. The summed E-state index contributed by atoms with van der Waals surface area (Å²) in [6.07, 6.45) is 0.587. The van der Waals surface area contributed by atoms with Crippen molar-refractivity contribution < 1.29 is 9.18 Å². The van der Waals surface area contributed by atoms with Gasteiger partial charge in [0.05, 0.1) is 4.47 Å². The number of anilines is 1. The highest BCUT2D eigenvalue weighted by Gasteiger charge is 2.14. The van der Waals surface area contributed by atoms with Gasteiger partial charge in [0.15, 0.2) is 0 Å². The Morgan fingerprint density at radius 1 is 1.62 bits per heavy atom. The maximum absolute atomic E-state index is 13.2. The number of nitrogens with two attached hydrogens (primary N) is 1. The number of aryl methyl sites for hydroxylation is 1. The molecular weight excluding hydrogens is 275 g/mol. The SMILES string of the molecule is CCC(Nc1cc(Br)c(F)cc1C)C(N)=O. The van der Waals surface area contributed by atoms with Gasteiger partial charge < -0.3 is 11.1 Å². The van der Waals surface area contributed by atoms with Crippen LogP contribution in [0.5, 0.6) is 0 Å². The maximum Gasteiger partial charge on any atom is 0.239 e. The van der Waals surface area contributed by atoms with Crippen molar-refractivity contribution in [3.8, 4) is 0 Å². The number of hydrogen-bond acceptors (Lipinski definition) is 2. The zero-order valence-corrected chi connectivity index (χ0v) is 10.8. The van der Waals surface area contributed by atoms with Gasteiger partial charge in [0.2, 0.25) is 5.91 Å². The first-order valence-corrected chi connectivity index (χ1v) is 5.76. The van der Waals surface area contributed by atoms with Crippen molar-refractivity contribution >= 4 is 27.5 Å². The third-order valence-corrected chi connectivity index (χ3v) is 2.96. The minimum absolute atomic E-state index is 0.324. The average molecular weight is 289 g/mol. The Morgan fingerprint density at radius 2 is 2.25 bits per heavy atom. The molecule has 0 spiro atoms. The number of carbonyl (C=O) groups excluding carboxylic acids is 1. The second-order valence-corrected chi connectivity index (χ2v) is 4.44. The van der Waals surface area contributed by atoms with E-state index in [1.807, 2.05) is 6.92 Å². The van der Waals surface area contributed by atoms with Crippen molar-refractivity contribution in [3.05, 3.63) is 28.0 Å². The van der Waals surface area contributed by atoms with Gasteiger partial charge in [0.1, 0.15) is 11.9 Å². The van der Waals surface area contributed by atoms with E-state index in [9.17, 15) is 9.18 Å². The molecule has 1 unspecified atom stereocenters. The Kier molecular flexibility index (Phi) is 4.29. The lowest BCUT2D eigenvalue weighted by Crippen LogP contribution is -2.34. The van der Waals surface area contributed by atoms with Crippen molar-refractivity contribution in [1.29, 1.82) is 0 Å². The van der Waals surface area contributed by atoms with E-state index in [1.54, 1.807) is 13.0 Å². The van der Waals surface area contributed by atoms with Gasteiger partial charge in [-0.2, -0.15) is 0 Å². The molecule has 1 atom stereocenters.